The fraction of sp³-hybridized carbons (Fsp3) is 0.133. The monoisotopic (exact) mass is 335 g/mol. The van der Waals surface area contributed by atoms with Gasteiger partial charge in [-0.2, -0.15) is 5.10 Å². The number of hydrogen-bond donors (Lipinski definition) is 2. The van der Waals surface area contributed by atoms with Crippen molar-refractivity contribution in [2.75, 3.05) is 12.0 Å². The first-order valence-electron chi connectivity index (χ1n) is 6.71. The van der Waals surface area contributed by atoms with Crippen LogP contribution in [0.3, 0.4) is 0 Å². The van der Waals surface area contributed by atoms with Gasteiger partial charge in [-0.25, -0.2) is 8.42 Å². The van der Waals surface area contributed by atoms with E-state index in [9.17, 15) is 18.1 Å². The van der Waals surface area contributed by atoms with E-state index in [1.165, 1.54) is 36.5 Å². The average Bonchev–Trinajstić information content (AvgIpc) is 2.50. The van der Waals surface area contributed by atoms with Crippen LogP contribution >= 0.6 is 0 Å². The number of ether oxygens (including phenoxy) is 1. The van der Waals surface area contributed by atoms with Gasteiger partial charge in [0, 0.05) is 0 Å². The van der Waals surface area contributed by atoms with Crippen LogP contribution in [0.2, 0.25) is 0 Å². The Bertz CT molecular complexity index is 801. The van der Waals surface area contributed by atoms with Crippen LogP contribution in [-0.4, -0.2) is 30.9 Å². The van der Waals surface area contributed by atoms with E-state index < -0.39 is 10.1 Å². The Hall–Kier alpha value is -2.58. The van der Waals surface area contributed by atoms with Crippen molar-refractivity contribution in [3.05, 3.63) is 48.0 Å². The van der Waals surface area contributed by atoms with Crippen molar-refractivity contribution in [3.8, 4) is 11.5 Å². The number of rotatable bonds is 6. The lowest BCUT2D eigenvalue weighted by Gasteiger charge is -2.07. The van der Waals surface area contributed by atoms with Crippen molar-refractivity contribution >= 4 is 22.0 Å². The smallest absolute Gasteiger partial charge is 0.161 e. The van der Waals surface area contributed by atoms with Gasteiger partial charge in [0.25, 0.3) is 0 Å². The second-order valence-corrected chi connectivity index (χ2v) is 5.89. The van der Waals surface area contributed by atoms with Crippen LogP contribution in [-0.2, 0) is 10.1 Å². The molecule has 23 heavy (non-hydrogen) atoms. The van der Waals surface area contributed by atoms with Crippen LogP contribution in [0.1, 0.15) is 12.5 Å². The molecule has 2 aromatic rings. The standard InChI is InChI=1S/C15H16N2O5S/c1-2-22-15-9-11(3-8-14(15)18)10-16-17-12-4-6-13(7-5-12)23(19,20)21/h3-10,17-18H,2H2,1H3,(H,19,20,21)/p-1/b16-10+. The zero-order valence-corrected chi connectivity index (χ0v) is 13.1. The molecule has 0 saturated carbocycles. The van der Waals surface area contributed by atoms with Crippen LogP contribution in [0.25, 0.3) is 0 Å². The molecule has 0 unspecified atom stereocenters. The molecule has 0 bridgehead atoms. The fourth-order valence-corrected chi connectivity index (χ4v) is 2.23. The molecule has 0 radical (unpaired) electrons. The molecule has 122 valence electrons. The highest BCUT2D eigenvalue weighted by atomic mass is 32.2. The first-order valence-corrected chi connectivity index (χ1v) is 8.12. The van der Waals surface area contributed by atoms with Crippen molar-refractivity contribution < 1.29 is 22.8 Å². The molecule has 0 fully saturated rings. The van der Waals surface area contributed by atoms with Crippen LogP contribution in [0, 0.1) is 0 Å². The van der Waals surface area contributed by atoms with Gasteiger partial charge in [-0.3, -0.25) is 5.43 Å². The SMILES string of the molecule is CCOc1cc(/C=N/Nc2ccc(S(=O)(=O)[O-])cc2)ccc1O. The summed E-state index contributed by atoms with van der Waals surface area (Å²) in [5.74, 6) is 0.410. The summed E-state index contributed by atoms with van der Waals surface area (Å²) in [6, 6.07) is 10.1. The Morgan fingerprint density at radius 2 is 1.96 bits per heavy atom. The summed E-state index contributed by atoms with van der Waals surface area (Å²) in [5, 5.41) is 13.6. The minimum atomic E-state index is -4.45. The van der Waals surface area contributed by atoms with Crippen LogP contribution < -0.4 is 10.2 Å². The third-order valence-electron chi connectivity index (χ3n) is 2.83. The van der Waals surface area contributed by atoms with E-state index in [0.29, 0.717) is 23.6 Å². The molecule has 0 aliphatic rings. The number of phenolic OH excluding ortho intramolecular Hbond substituents is 1. The Balaban J connectivity index is 2.05. The van der Waals surface area contributed by atoms with Gasteiger partial charge in [-0.15, -0.1) is 0 Å². The molecular formula is C15H15N2O5S-. The number of hydrazone groups is 1. The minimum Gasteiger partial charge on any atom is -0.744 e. The summed E-state index contributed by atoms with van der Waals surface area (Å²) >= 11 is 0. The molecule has 0 saturated heterocycles. The zero-order chi connectivity index (χ0) is 16.9. The van der Waals surface area contributed by atoms with E-state index in [4.69, 9.17) is 4.74 Å². The molecule has 8 heteroatoms. The summed E-state index contributed by atoms with van der Waals surface area (Å²) < 4.78 is 37.7. The number of nitrogens with zero attached hydrogens (tertiary/aromatic N) is 1. The maximum absolute atomic E-state index is 10.8. The van der Waals surface area contributed by atoms with Gasteiger partial charge >= 0.3 is 0 Å². The van der Waals surface area contributed by atoms with Crippen molar-refractivity contribution in [3.63, 3.8) is 0 Å². The van der Waals surface area contributed by atoms with Crippen molar-refractivity contribution in [2.24, 2.45) is 5.10 Å². The van der Waals surface area contributed by atoms with Gasteiger partial charge in [-0.1, -0.05) is 0 Å². The molecule has 2 rings (SSSR count). The third kappa shape index (κ3) is 4.70. The molecule has 0 spiro atoms. The van der Waals surface area contributed by atoms with Gasteiger partial charge in [0.05, 0.1) is 23.4 Å². The number of anilines is 1. The van der Waals surface area contributed by atoms with Crippen LogP contribution in [0.15, 0.2) is 52.5 Å². The molecular weight excluding hydrogens is 320 g/mol. The maximum Gasteiger partial charge on any atom is 0.161 e. The van der Waals surface area contributed by atoms with E-state index >= 15 is 0 Å². The number of aromatic hydroxyl groups is 1. The molecule has 0 aliphatic heterocycles. The first-order chi connectivity index (χ1) is 10.9. The minimum absolute atomic E-state index is 0.0476. The highest BCUT2D eigenvalue weighted by Crippen LogP contribution is 2.26. The van der Waals surface area contributed by atoms with E-state index in [0.717, 1.165) is 0 Å². The zero-order valence-electron chi connectivity index (χ0n) is 12.3. The molecule has 0 aliphatic carbocycles. The number of hydrogen-bond acceptors (Lipinski definition) is 7. The maximum atomic E-state index is 10.8. The van der Waals surface area contributed by atoms with E-state index in [2.05, 4.69) is 10.5 Å². The number of phenols is 1. The molecule has 7 nitrogen and oxygen atoms in total. The molecule has 2 N–H and O–H groups in total. The van der Waals surface area contributed by atoms with Crippen molar-refractivity contribution in [2.45, 2.75) is 11.8 Å². The number of nitrogens with one attached hydrogen (secondary N) is 1. The van der Waals surface area contributed by atoms with E-state index in [1.807, 2.05) is 6.92 Å². The Morgan fingerprint density at radius 1 is 1.26 bits per heavy atom. The van der Waals surface area contributed by atoms with E-state index in [1.54, 1.807) is 12.1 Å². The highest BCUT2D eigenvalue weighted by Gasteiger charge is 2.02. The number of benzene rings is 2. The highest BCUT2D eigenvalue weighted by molar-refractivity contribution is 7.85. The first kappa shape index (κ1) is 16.8. The predicted octanol–water partition coefficient (Wildman–Crippen LogP) is 2.14. The quantitative estimate of drug-likeness (QED) is 0.475. The summed E-state index contributed by atoms with van der Waals surface area (Å²) in [4.78, 5) is -0.299. The molecule has 0 amide bonds. The van der Waals surface area contributed by atoms with Gasteiger partial charge in [0.1, 0.15) is 10.1 Å². The Kier molecular flexibility index (Phi) is 5.20. The van der Waals surface area contributed by atoms with Gasteiger partial charge in [0.2, 0.25) is 0 Å². The predicted molar refractivity (Wildman–Crippen MR) is 84.9 cm³/mol. The summed E-state index contributed by atoms with van der Waals surface area (Å²) in [7, 11) is -4.45. The largest absolute Gasteiger partial charge is 0.744 e. The lowest BCUT2D eigenvalue weighted by Crippen LogP contribution is -1.98. The Labute approximate surface area is 134 Å². The molecule has 0 atom stereocenters. The molecule has 0 aromatic heterocycles. The average molecular weight is 335 g/mol. The lowest BCUT2D eigenvalue weighted by atomic mass is 10.2. The van der Waals surface area contributed by atoms with Crippen molar-refractivity contribution in [1.82, 2.24) is 0 Å². The topological polar surface area (TPSA) is 111 Å². The second kappa shape index (κ2) is 7.12. The third-order valence-corrected chi connectivity index (χ3v) is 3.68. The van der Waals surface area contributed by atoms with Crippen LogP contribution in [0.4, 0.5) is 5.69 Å². The van der Waals surface area contributed by atoms with E-state index in [-0.39, 0.29) is 10.6 Å². The summed E-state index contributed by atoms with van der Waals surface area (Å²) in [5.41, 5.74) is 3.94. The van der Waals surface area contributed by atoms with Crippen molar-refractivity contribution in [1.29, 1.82) is 0 Å². The lowest BCUT2D eigenvalue weighted by molar-refractivity contribution is 0.318. The fourth-order valence-electron chi connectivity index (χ4n) is 1.76. The van der Waals surface area contributed by atoms with Gasteiger partial charge < -0.3 is 14.4 Å². The van der Waals surface area contributed by atoms with Crippen LogP contribution in [0.5, 0.6) is 11.5 Å². The Morgan fingerprint density at radius 3 is 2.57 bits per heavy atom. The molecule has 0 heterocycles. The molecule has 2 aromatic carbocycles. The summed E-state index contributed by atoms with van der Waals surface area (Å²) in [6.45, 7) is 2.24. The van der Waals surface area contributed by atoms with Gasteiger partial charge in [0.15, 0.2) is 11.5 Å². The van der Waals surface area contributed by atoms with Gasteiger partial charge in [-0.05, 0) is 55.0 Å². The summed E-state index contributed by atoms with van der Waals surface area (Å²) in [6.07, 6.45) is 1.51. The normalized spacial score (nSPS) is 11.6. The second-order valence-electron chi connectivity index (χ2n) is 4.51.